The number of aromatic hydroxyl groups is 1. The normalized spacial score (nSPS) is 10.3. The molecular formula is C17H20N2O6. The lowest BCUT2D eigenvalue weighted by molar-refractivity contribution is -0.00873. The zero-order valence-electron chi connectivity index (χ0n) is 14.0. The molecule has 0 spiro atoms. The molecule has 8 nitrogen and oxygen atoms in total. The maximum Gasteiger partial charge on any atom is 0.341 e. The molecule has 2 aromatic rings. The Hall–Kier alpha value is -2.84. The number of anilines is 2. The van der Waals surface area contributed by atoms with Gasteiger partial charge in [-0.2, -0.15) is 0 Å². The highest BCUT2D eigenvalue weighted by Gasteiger charge is 2.17. The highest BCUT2D eigenvalue weighted by atomic mass is 16.7. The van der Waals surface area contributed by atoms with Crippen LogP contribution in [-0.2, 0) is 14.2 Å². The molecule has 0 atom stereocenters. The van der Waals surface area contributed by atoms with E-state index < -0.39 is 5.97 Å². The molecule has 1 heterocycles. The van der Waals surface area contributed by atoms with E-state index in [0.717, 1.165) is 0 Å². The molecule has 0 bridgehead atoms. The van der Waals surface area contributed by atoms with Crippen LogP contribution in [0, 0.1) is 0 Å². The molecular weight excluding hydrogens is 328 g/mol. The topological polar surface area (TPSA) is 99.1 Å². The molecule has 8 heteroatoms. The van der Waals surface area contributed by atoms with Gasteiger partial charge < -0.3 is 29.4 Å². The van der Waals surface area contributed by atoms with E-state index in [2.05, 4.69) is 10.3 Å². The van der Waals surface area contributed by atoms with E-state index in [-0.39, 0.29) is 23.9 Å². The van der Waals surface area contributed by atoms with Crippen molar-refractivity contribution in [2.75, 3.05) is 39.5 Å². The molecule has 0 saturated carbocycles. The van der Waals surface area contributed by atoms with E-state index in [4.69, 9.17) is 18.9 Å². The van der Waals surface area contributed by atoms with Crippen molar-refractivity contribution in [1.29, 1.82) is 0 Å². The van der Waals surface area contributed by atoms with Gasteiger partial charge in [0.1, 0.15) is 17.1 Å². The molecule has 0 amide bonds. The molecule has 25 heavy (non-hydrogen) atoms. The van der Waals surface area contributed by atoms with Gasteiger partial charge in [-0.3, -0.25) is 0 Å². The minimum atomic E-state index is -0.533. The summed E-state index contributed by atoms with van der Waals surface area (Å²) >= 11 is 0. The lowest BCUT2D eigenvalue weighted by atomic mass is 10.1. The van der Waals surface area contributed by atoms with Gasteiger partial charge in [0.25, 0.3) is 0 Å². The van der Waals surface area contributed by atoms with Crippen molar-refractivity contribution in [3.8, 4) is 11.5 Å². The van der Waals surface area contributed by atoms with E-state index >= 15 is 0 Å². The van der Waals surface area contributed by atoms with Crippen LogP contribution in [-0.4, -0.2) is 50.3 Å². The molecule has 0 radical (unpaired) electrons. The lowest BCUT2D eigenvalue weighted by Crippen LogP contribution is -2.12. The number of rotatable bonds is 9. The molecule has 0 fully saturated rings. The number of nitrogens with one attached hydrogen (secondary N) is 1. The van der Waals surface area contributed by atoms with Gasteiger partial charge in [-0.1, -0.05) is 6.07 Å². The second kappa shape index (κ2) is 9.45. The Morgan fingerprint density at radius 1 is 1.20 bits per heavy atom. The van der Waals surface area contributed by atoms with Crippen molar-refractivity contribution >= 4 is 17.5 Å². The van der Waals surface area contributed by atoms with Crippen LogP contribution in [0.5, 0.6) is 11.5 Å². The number of aromatic nitrogens is 1. The minimum absolute atomic E-state index is 0.0527. The Morgan fingerprint density at radius 3 is 2.72 bits per heavy atom. The summed E-state index contributed by atoms with van der Waals surface area (Å²) in [6.45, 7) is 0.735. The molecule has 0 aliphatic rings. The van der Waals surface area contributed by atoms with Gasteiger partial charge in [0, 0.05) is 7.11 Å². The summed E-state index contributed by atoms with van der Waals surface area (Å²) in [6.07, 6.45) is 1.31. The lowest BCUT2D eigenvalue weighted by Gasteiger charge is -2.16. The summed E-state index contributed by atoms with van der Waals surface area (Å²) < 4.78 is 20.6. The summed E-state index contributed by atoms with van der Waals surface area (Å²) in [7, 11) is 2.87. The number of methoxy groups -OCH3 is 2. The smallest absolute Gasteiger partial charge is 0.341 e. The van der Waals surface area contributed by atoms with Gasteiger partial charge in [0.2, 0.25) is 0 Å². The molecule has 0 unspecified atom stereocenters. The van der Waals surface area contributed by atoms with Crippen molar-refractivity contribution in [2.45, 2.75) is 0 Å². The third-order valence-corrected chi connectivity index (χ3v) is 3.15. The van der Waals surface area contributed by atoms with Crippen LogP contribution >= 0.6 is 0 Å². The molecule has 2 rings (SSSR count). The predicted molar refractivity (Wildman–Crippen MR) is 90.3 cm³/mol. The number of nitrogens with zero attached hydrogens (tertiary/aromatic N) is 1. The van der Waals surface area contributed by atoms with Crippen molar-refractivity contribution in [3.05, 3.63) is 42.1 Å². The van der Waals surface area contributed by atoms with Crippen LogP contribution in [0.15, 0.2) is 36.5 Å². The second-order valence-electron chi connectivity index (χ2n) is 4.86. The third-order valence-electron chi connectivity index (χ3n) is 3.15. The first kappa shape index (κ1) is 18.5. The maximum atomic E-state index is 12.0. The average molecular weight is 348 g/mol. The summed E-state index contributed by atoms with van der Waals surface area (Å²) in [6, 6.07) is 8.09. The number of hydrogen-bond acceptors (Lipinski definition) is 8. The Bertz CT molecular complexity index is 690. The first-order valence-electron chi connectivity index (χ1n) is 7.48. The second-order valence-corrected chi connectivity index (χ2v) is 4.86. The minimum Gasteiger partial charge on any atom is -0.506 e. The third kappa shape index (κ3) is 5.33. The summed E-state index contributed by atoms with van der Waals surface area (Å²) in [5.74, 6) is 0.276. The summed E-state index contributed by atoms with van der Waals surface area (Å²) in [5.41, 5.74) is 0.762. The zero-order valence-corrected chi connectivity index (χ0v) is 14.0. The molecule has 0 saturated heterocycles. The molecule has 1 aromatic heterocycles. The molecule has 2 N–H and O–H groups in total. The van der Waals surface area contributed by atoms with Crippen molar-refractivity contribution in [3.63, 3.8) is 0 Å². The van der Waals surface area contributed by atoms with Crippen LogP contribution < -0.4 is 10.1 Å². The quantitative estimate of drug-likeness (QED) is 0.405. The Balaban J connectivity index is 2.21. The van der Waals surface area contributed by atoms with Gasteiger partial charge in [-0.05, 0) is 24.3 Å². The van der Waals surface area contributed by atoms with E-state index in [9.17, 15) is 9.90 Å². The average Bonchev–Trinajstić information content (AvgIpc) is 2.63. The number of esters is 1. The van der Waals surface area contributed by atoms with Gasteiger partial charge >= 0.3 is 5.97 Å². The number of para-hydroxylation sites is 1. The number of carbonyl (C=O) groups is 1. The largest absolute Gasteiger partial charge is 0.506 e. The predicted octanol–water partition coefficient (Wildman–Crippen LogP) is 2.32. The fourth-order valence-electron chi connectivity index (χ4n) is 1.96. The van der Waals surface area contributed by atoms with E-state index in [1.165, 1.54) is 19.4 Å². The van der Waals surface area contributed by atoms with Crippen molar-refractivity contribution in [2.24, 2.45) is 0 Å². The van der Waals surface area contributed by atoms with Crippen LogP contribution in [0.4, 0.5) is 11.5 Å². The van der Waals surface area contributed by atoms with Crippen LogP contribution in [0.1, 0.15) is 10.4 Å². The van der Waals surface area contributed by atoms with Gasteiger partial charge in [0.05, 0.1) is 32.2 Å². The van der Waals surface area contributed by atoms with Crippen LogP contribution in [0.3, 0.4) is 0 Å². The standard InChI is InChI=1S/C17H20N2O6/c1-22-8-9-24-11-25-16-13(17(21)23-2)4-3-5-14(16)19-15-7-6-12(20)10-18-15/h3-7,10,20H,8-9,11H2,1-2H3,(H,18,19). The van der Waals surface area contributed by atoms with Crippen LogP contribution in [0.2, 0.25) is 0 Å². The van der Waals surface area contributed by atoms with Gasteiger partial charge in [-0.25, -0.2) is 9.78 Å². The number of hydrogen-bond donors (Lipinski definition) is 2. The molecule has 0 aliphatic carbocycles. The fraction of sp³-hybridized carbons (Fsp3) is 0.294. The Labute approximate surface area is 145 Å². The Kier molecular flexibility index (Phi) is 7.00. The number of ether oxygens (including phenoxy) is 4. The number of benzene rings is 1. The van der Waals surface area contributed by atoms with Crippen molar-refractivity contribution < 1.29 is 28.8 Å². The van der Waals surface area contributed by atoms with Crippen molar-refractivity contribution in [1.82, 2.24) is 4.98 Å². The maximum absolute atomic E-state index is 12.0. The monoisotopic (exact) mass is 348 g/mol. The highest BCUT2D eigenvalue weighted by molar-refractivity contribution is 5.95. The van der Waals surface area contributed by atoms with Gasteiger partial charge in [0.15, 0.2) is 12.5 Å². The first-order chi connectivity index (χ1) is 12.2. The zero-order chi connectivity index (χ0) is 18.1. The van der Waals surface area contributed by atoms with Crippen LogP contribution in [0.25, 0.3) is 0 Å². The first-order valence-corrected chi connectivity index (χ1v) is 7.48. The SMILES string of the molecule is COCCOCOc1c(Nc2ccc(O)cn2)cccc1C(=O)OC. The summed E-state index contributed by atoms with van der Waals surface area (Å²) in [5, 5.41) is 12.3. The Morgan fingerprint density at radius 2 is 2.04 bits per heavy atom. The fourth-order valence-corrected chi connectivity index (χ4v) is 1.96. The molecule has 134 valence electrons. The van der Waals surface area contributed by atoms with E-state index in [1.807, 2.05) is 0 Å². The van der Waals surface area contributed by atoms with E-state index in [1.54, 1.807) is 31.4 Å². The molecule has 0 aliphatic heterocycles. The number of pyridine rings is 1. The van der Waals surface area contributed by atoms with Gasteiger partial charge in [-0.15, -0.1) is 0 Å². The van der Waals surface area contributed by atoms with E-state index in [0.29, 0.717) is 24.7 Å². The highest BCUT2D eigenvalue weighted by Crippen LogP contribution is 2.32. The summed E-state index contributed by atoms with van der Waals surface area (Å²) in [4.78, 5) is 16.0. The molecule has 1 aromatic carbocycles. The number of carbonyl (C=O) groups excluding carboxylic acids is 1.